The summed E-state index contributed by atoms with van der Waals surface area (Å²) in [7, 11) is 0. The lowest BCUT2D eigenvalue weighted by molar-refractivity contribution is -0.138. The number of hydrogen-bond acceptors (Lipinski definition) is 4. The molecule has 36 heavy (non-hydrogen) atoms. The van der Waals surface area contributed by atoms with Gasteiger partial charge in [-0.3, -0.25) is 10.1 Å². The Labute approximate surface area is 202 Å². The van der Waals surface area contributed by atoms with E-state index in [1.807, 2.05) is 0 Å². The Morgan fingerprint density at radius 2 is 1.19 bits per heavy atom. The molecule has 5 nitrogen and oxygen atoms in total. The predicted octanol–water partition coefficient (Wildman–Crippen LogP) is 7.03. The minimum Gasteiger partial charge on any atom is -0.312 e. The van der Waals surface area contributed by atoms with Crippen molar-refractivity contribution in [3.63, 3.8) is 0 Å². The van der Waals surface area contributed by atoms with Crippen molar-refractivity contribution in [2.75, 3.05) is 9.03 Å². The van der Waals surface area contributed by atoms with E-state index in [1.165, 1.54) is 0 Å². The second-order valence-corrected chi connectivity index (χ2v) is 7.72. The maximum absolute atomic E-state index is 13.9. The number of amides is 3. The highest BCUT2D eigenvalue weighted by molar-refractivity contribution is 8.02. The molecule has 3 rings (SSSR count). The number of imide groups is 1. The lowest BCUT2D eigenvalue weighted by Gasteiger charge is -2.22. The lowest BCUT2D eigenvalue weighted by atomic mass is 10.2. The molecule has 3 amide bonds. The summed E-state index contributed by atoms with van der Waals surface area (Å²) in [6.45, 7) is 0. The van der Waals surface area contributed by atoms with E-state index in [0.717, 1.165) is 54.6 Å². The number of nitrogens with zero attached hydrogens (tertiary/aromatic N) is 1. The molecule has 0 atom stereocenters. The summed E-state index contributed by atoms with van der Waals surface area (Å²) < 4.78 is 108. The molecule has 0 unspecified atom stereocenters. The maximum atomic E-state index is 13.9. The molecule has 14 heteroatoms. The molecule has 0 saturated carbocycles. The van der Waals surface area contributed by atoms with Crippen molar-refractivity contribution in [1.29, 1.82) is 0 Å². The van der Waals surface area contributed by atoms with Gasteiger partial charge in [-0.2, -0.15) is 26.3 Å². The monoisotopic (exact) mass is 535 g/mol. The minimum absolute atomic E-state index is 0.0594. The number of carbonyl (C=O) groups is 2. The van der Waals surface area contributed by atoms with Gasteiger partial charge in [0.05, 0.1) is 28.9 Å². The second kappa shape index (κ2) is 10.4. The van der Waals surface area contributed by atoms with E-state index in [1.54, 1.807) is 5.32 Å². The van der Waals surface area contributed by atoms with Gasteiger partial charge in [0, 0.05) is 5.69 Å². The van der Waals surface area contributed by atoms with Crippen LogP contribution in [0.15, 0.2) is 66.7 Å². The van der Waals surface area contributed by atoms with Crippen LogP contribution in [-0.2, 0) is 12.4 Å². The Hall–Kier alpha value is -3.81. The molecule has 0 fully saturated rings. The lowest BCUT2D eigenvalue weighted by Crippen LogP contribution is -2.40. The molecule has 0 aliphatic carbocycles. The minimum atomic E-state index is -4.68. The normalized spacial score (nSPS) is 11.7. The number of alkyl halides is 6. The molecule has 0 radical (unpaired) electrons. The number of hydrogen-bond donors (Lipinski definition) is 2. The first-order valence-electron chi connectivity index (χ1n) is 9.64. The van der Waals surface area contributed by atoms with Crippen molar-refractivity contribution in [3.05, 3.63) is 95.1 Å². The third-order valence-corrected chi connectivity index (χ3v) is 5.38. The second-order valence-electron chi connectivity index (χ2n) is 6.96. The fourth-order valence-electron chi connectivity index (χ4n) is 2.75. The summed E-state index contributed by atoms with van der Waals surface area (Å²) in [5.74, 6) is -4.00. The van der Waals surface area contributed by atoms with Gasteiger partial charge < -0.3 is 4.72 Å². The molecular formula is C22H13F8N3O2S. The standard InChI is InChI=1S/C22H13F8N3O2S/c23-16-2-1-3-17(24)18(16)19(34)31-20(35)33(15-10-6-13(7-11-15)22(28,29)30)36-32-14-8-4-12(5-9-14)21(25,26)27/h1-11,32H,(H,31,34,35). The fourth-order valence-corrected chi connectivity index (χ4v) is 3.44. The third kappa shape index (κ3) is 6.44. The van der Waals surface area contributed by atoms with Gasteiger partial charge in [0.2, 0.25) is 0 Å². The first kappa shape index (κ1) is 26.8. The van der Waals surface area contributed by atoms with Crippen LogP contribution in [0.1, 0.15) is 21.5 Å². The Morgan fingerprint density at radius 3 is 1.67 bits per heavy atom. The Bertz CT molecular complexity index is 1230. The van der Waals surface area contributed by atoms with Crippen LogP contribution >= 0.6 is 12.1 Å². The van der Waals surface area contributed by atoms with E-state index >= 15 is 0 Å². The highest BCUT2D eigenvalue weighted by Gasteiger charge is 2.32. The van der Waals surface area contributed by atoms with Gasteiger partial charge in [-0.1, -0.05) is 6.07 Å². The van der Waals surface area contributed by atoms with Crippen molar-refractivity contribution >= 4 is 35.4 Å². The van der Waals surface area contributed by atoms with Crippen LogP contribution in [0.5, 0.6) is 0 Å². The van der Waals surface area contributed by atoms with Crippen molar-refractivity contribution in [2.24, 2.45) is 0 Å². The molecule has 0 heterocycles. The Morgan fingerprint density at radius 1 is 0.722 bits per heavy atom. The Kier molecular flexibility index (Phi) is 7.77. The van der Waals surface area contributed by atoms with Gasteiger partial charge in [-0.05, 0) is 60.7 Å². The van der Waals surface area contributed by atoms with E-state index in [2.05, 4.69) is 4.72 Å². The molecule has 3 aromatic carbocycles. The first-order valence-corrected chi connectivity index (χ1v) is 10.4. The largest absolute Gasteiger partial charge is 0.416 e. The van der Waals surface area contributed by atoms with Gasteiger partial charge in [-0.25, -0.2) is 17.9 Å². The molecule has 190 valence electrons. The Balaban J connectivity index is 1.85. The molecule has 0 aliphatic heterocycles. The summed E-state index contributed by atoms with van der Waals surface area (Å²) in [6, 6.07) is 7.83. The van der Waals surface area contributed by atoms with Crippen LogP contribution < -0.4 is 14.3 Å². The van der Waals surface area contributed by atoms with Crippen molar-refractivity contribution < 1.29 is 44.7 Å². The number of anilines is 2. The number of carbonyl (C=O) groups excluding carboxylic acids is 2. The van der Waals surface area contributed by atoms with Gasteiger partial charge in [0.15, 0.2) is 0 Å². The smallest absolute Gasteiger partial charge is 0.312 e. The van der Waals surface area contributed by atoms with E-state index in [-0.39, 0.29) is 11.4 Å². The number of nitrogens with one attached hydrogen (secondary N) is 2. The average Bonchev–Trinajstić information content (AvgIpc) is 2.78. The van der Waals surface area contributed by atoms with E-state index in [9.17, 15) is 44.7 Å². The van der Waals surface area contributed by atoms with Crippen molar-refractivity contribution in [1.82, 2.24) is 5.32 Å². The van der Waals surface area contributed by atoms with Crippen LogP contribution in [0.3, 0.4) is 0 Å². The average molecular weight is 535 g/mol. The van der Waals surface area contributed by atoms with E-state index in [4.69, 9.17) is 0 Å². The summed E-state index contributed by atoms with van der Waals surface area (Å²) >= 11 is 0.377. The molecule has 0 bridgehead atoms. The van der Waals surface area contributed by atoms with E-state index < -0.39 is 52.6 Å². The zero-order valence-electron chi connectivity index (χ0n) is 17.5. The van der Waals surface area contributed by atoms with Gasteiger partial charge in [-0.15, -0.1) is 0 Å². The fraction of sp³-hybridized carbons (Fsp3) is 0.0909. The first-order chi connectivity index (χ1) is 16.8. The van der Waals surface area contributed by atoms with Crippen LogP contribution in [0.25, 0.3) is 0 Å². The summed E-state index contributed by atoms with van der Waals surface area (Å²) in [6.07, 6.45) is -9.28. The summed E-state index contributed by atoms with van der Waals surface area (Å²) in [4.78, 5) is 25.1. The van der Waals surface area contributed by atoms with Crippen LogP contribution in [-0.4, -0.2) is 11.9 Å². The van der Waals surface area contributed by atoms with Gasteiger partial charge >= 0.3 is 18.4 Å². The highest BCUT2D eigenvalue weighted by atomic mass is 32.2. The number of halogens is 8. The molecular weight excluding hydrogens is 522 g/mol. The predicted molar refractivity (Wildman–Crippen MR) is 116 cm³/mol. The third-order valence-electron chi connectivity index (χ3n) is 4.49. The summed E-state index contributed by atoms with van der Waals surface area (Å²) in [5.41, 5.74) is -3.21. The van der Waals surface area contributed by atoms with Crippen LogP contribution in [0.2, 0.25) is 0 Å². The molecule has 3 aromatic rings. The maximum Gasteiger partial charge on any atom is 0.416 e. The van der Waals surface area contributed by atoms with E-state index in [0.29, 0.717) is 28.6 Å². The molecule has 2 N–H and O–H groups in total. The zero-order chi connectivity index (χ0) is 26.7. The number of rotatable bonds is 5. The van der Waals surface area contributed by atoms with Crippen molar-refractivity contribution in [2.45, 2.75) is 12.4 Å². The van der Waals surface area contributed by atoms with Crippen molar-refractivity contribution in [3.8, 4) is 0 Å². The molecule has 0 saturated heterocycles. The van der Waals surface area contributed by atoms with Crippen LogP contribution in [0, 0.1) is 11.6 Å². The number of benzene rings is 3. The van der Waals surface area contributed by atoms with Crippen LogP contribution in [0.4, 0.5) is 51.3 Å². The number of urea groups is 1. The van der Waals surface area contributed by atoms with Gasteiger partial charge in [0.25, 0.3) is 5.91 Å². The SMILES string of the molecule is O=C(NC(=O)N(SNc1ccc(C(F)(F)F)cc1)c1ccc(C(F)(F)F)cc1)c1c(F)cccc1F. The zero-order valence-corrected chi connectivity index (χ0v) is 18.4. The molecule has 0 aliphatic rings. The molecule has 0 aromatic heterocycles. The quantitative estimate of drug-likeness (QED) is 0.272. The highest BCUT2D eigenvalue weighted by Crippen LogP contribution is 2.33. The molecule has 0 spiro atoms. The summed E-state index contributed by atoms with van der Waals surface area (Å²) in [5, 5.41) is 1.72. The topological polar surface area (TPSA) is 61.4 Å². The van der Waals surface area contributed by atoms with Gasteiger partial charge in [0.1, 0.15) is 17.2 Å².